The Hall–Kier alpha value is -1.38. The Balaban J connectivity index is 2.03. The Kier molecular flexibility index (Phi) is 4.34. The molecule has 2 atom stereocenters. The minimum absolute atomic E-state index is 0.283. The first-order chi connectivity index (χ1) is 8.66. The van der Waals surface area contributed by atoms with Gasteiger partial charge in [0.15, 0.2) is 0 Å². The van der Waals surface area contributed by atoms with E-state index in [-0.39, 0.29) is 6.04 Å². The van der Waals surface area contributed by atoms with Crippen LogP contribution in [0.5, 0.6) is 0 Å². The van der Waals surface area contributed by atoms with Gasteiger partial charge < -0.3 is 5.32 Å². The number of benzene rings is 1. The first-order valence-corrected chi connectivity index (χ1v) is 6.46. The van der Waals surface area contributed by atoms with E-state index < -0.39 is 0 Å². The Morgan fingerprint density at radius 3 is 1.94 bits per heavy atom. The average Bonchev–Trinajstić information content (AvgIpc) is 2.40. The van der Waals surface area contributed by atoms with Gasteiger partial charge in [-0.1, -0.05) is 23.7 Å². The maximum absolute atomic E-state index is 5.89. The largest absolute Gasteiger partial charge is 0.304 e. The predicted molar refractivity (Wildman–Crippen MR) is 75.7 cm³/mol. The van der Waals surface area contributed by atoms with Gasteiger partial charge in [-0.2, -0.15) is 0 Å². The van der Waals surface area contributed by atoms with Crippen LogP contribution in [-0.4, -0.2) is 4.98 Å². The normalized spacial score (nSPS) is 14.2. The van der Waals surface area contributed by atoms with E-state index in [0.29, 0.717) is 6.04 Å². The number of hydrogen-bond donors (Lipinski definition) is 1. The number of aromatic nitrogens is 1. The van der Waals surface area contributed by atoms with Crippen LogP contribution in [0.1, 0.15) is 37.1 Å². The maximum atomic E-state index is 5.89. The molecular weight excluding hydrogens is 244 g/mol. The number of nitrogens with one attached hydrogen (secondary N) is 1. The van der Waals surface area contributed by atoms with E-state index in [0.717, 1.165) is 5.02 Å². The third-order valence-electron chi connectivity index (χ3n) is 3.08. The maximum Gasteiger partial charge on any atom is 0.0406 e. The Morgan fingerprint density at radius 2 is 1.39 bits per heavy atom. The molecule has 0 fully saturated rings. The van der Waals surface area contributed by atoms with Gasteiger partial charge in [0.1, 0.15) is 0 Å². The molecule has 0 saturated carbocycles. The molecule has 0 amide bonds. The molecule has 1 aromatic carbocycles. The Bertz CT molecular complexity index is 482. The minimum Gasteiger partial charge on any atom is -0.304 e. The minimum atomic E-state index is 0.283. The second-order valence-corrected chi connectivity index (χ2v) is 4.88. The van der Waals surface area contributed by atoms with Crippen molar-refractivity contribution in [3.05, 3.63) is 64.9 Å². The summed E-state index contributed by atoms with van der Waals surface area (Å²) in [5.74, 6) is 0. The molecule has 0 aliphatic heterocycles. The summed E-state index contributed by atoms with van der Waals surface area (Å²) in [6.45, 7) is 4.31. The van der Waals surface area contributed by atoms with Crippen molar-refractivity contribution in [2.45, 2.75) is 25.9 Å². The second-order valence-electron chi connectivity index (χ2n) is 4.44. The lowest BCUT2D eigenvalue weighted by Crippen LogP contribution is -2.22. The van der Waals surface area contributed by atoms with Crippen LogP contribution >= 0.6 is 11.6 Å². The summed E-state index contributed by atoms with van der Waals surface area (Å²) in [6, 6.07) is 12.6. The number of nitrogens with zero attached hydrogens (tertiary/aromatic N) is 1. The average molecular weight is 261 g/mol. The third-order valence-corrected chi connectivity index (χ3v) is 3.33. The molecular formula is C15H17ClN2. The molecule has 1 heterocycles. The highest BCUT2D eigenvalue weighted by atomic mass is 35.5. The molecule has 0 aliphatic carbocycles. The van der Waals surface area contributed by atoms with Gasteiger partial charge in [-0.3, -0.25) is 4.98 Å². The fraction of sp³-hybridized carbons (Fsp3) is 0.267. The Labute approximate surface area is 113 Å². The van der Waals surface area contributed by atoms with Crippen molar-refractivity contribution in [3.63, 3.8) is 0 Å². The lowest BCUT2D eigenvalue weighted by Gasteiger charge is -2.20. The summed E-state index contributed by atoms with van der Waals surface area (Å²) < 4.78 is 0. The number of halogens is 1. The van der Waals surface area contributed by atoms with Crippen molar-refractivity contribution in [2.24, 2.45) is 0 Å². The highest BCUT2D eigenvalue weighted by molar-refractivity contribution is 6.30. The molecule has 94 valence electrons. The van der Waals surface area contributed by atoms with Gasteiger partial charge in [0.2, 0.25) is 0 Å². The molecule has 1 N–H and O–H groups in total. The van der Waals surface area contributed by atoms with Crippen LogP contribution in [0.3, 0.4) is 0 Å². The molecule has 2 rings (SSSR count). The van der Waals surface area contributed by atoms with E-state index >= 15 is 0 Å². The molecule has 3 heteroatoms. The van der Waals surface area contributed by atoms with Crippen LogP contribution in [0.15, 0.2) is 48.8 Å². The van der Waals surface area contributed by atoms with Crippen LogP contribution in [-0.2, 0) is 0 Å². The van der Waals surface area contributed by atoms with E-state index in [9.17, 15) is 0 Å². The number of rotatable bonds is 4. The van der Waals surface area contributed by atoms with E-state index in [4.69, 9.17) is 11.6 Å². The predicted octanol–water partition coefficient (Wildman–Crippen LogP) is 4.15. The standard InChI is InChI=1S/C15H17ClN2/c1-11(13-3-5-15(16)6-4-13)18-12(2)14-7-9-17-10-8-14/h3-12,18H,1-2H3/t11-,12?/m0/s1. The summed E-state index contributed by atoms with van der Waals surface area (Å²) in [6.07, 6.45) is 3.64. The zero-order chi connectivity index (χ0) is 13.0. The lowest BCUT2D eigenvalue weighted by molar-refractivity contribution is 0.494. The molecule has 0 radical (unpaired) electrons. The quantitative estimate of drug-likeness (QED) is 0.893. The topological polar surface area (TPSA) is 24.9 Å². The summed E-state index contributed by atoms with van der Waals surface area (Å²) in [7, 11) is 0. The summed E-state index contributed by atoms with van der Waals surface area (Å²) >= 11 is 5.89. The van der Waals surface area contributed by atoms with E-state index in [2.05, 4.69) is 36.3 Å². The van der Waals surface area contributed by atoms with Gasteiger partial charge in [0.25, 0.3) is 0 Å². The van der Waals surface area contributed by atoms with Crippen LogP contribution in [0.25, 0.3) is 0 Å². The number of pyridine rings is 1. The first-order valence-electron chi connectivity index (χ1n) is 6.08. The van der Waals surface area contributed by atoms with Crippen molar-refractivity contribution in [1.82, 2.24) is 10.3 Å². The molecule has 1 unspecified atom stereocenters. The summed E-state index contributed by atoms with van der Waals surface area (Å²) in [4.78, 5) is 4.03. The van der Waals surface area contributed by atoms with Crippen molar-refractivity contribution < 1.29 is 0 Å². The van der Waals surface area contributed by atoms with E-state index in [1.807, 2.05) is 36.7 Å². The van der Waals surface area contributed by atoms with Crippen LogP contribution in [0.2, 0.25) is 5.02 Å². The summed E-state index contributed by atoms with van der Waals surface area (Å²) in [5.41, 5.74) is 2.48. The van der Waals surface area contributed by atoms with Gasteiger partial charge in [-0.25, -0.2) is 0 Å². The zero-order valence-electron chi connectivity index (χ0n) is 10.6. The van der Waals surface area contributed by atoms with Gasteiger partial charge in [-0.15, -0.1) is 0 Å². The van der Waals surface area contributed by atoms with Crippen molar-refractivity contribution in [1.29, 1.82) is 0 Å². The fourth-order valence-electron chi connectivity index (χ4n) is 1.97. The van der Waals surface area contributed by atoms with Gasteiger partial charge in [0, 0.05) is 29.5 Å². The van der Waals surface area contributed by atoms with Crippen molar-refractivity contribution in [3.8, 4) is 0 Å². The highest BCUT2D eigenvalue weighted by Crippen LogP contribution is 2.20. The lowest BCUT2D eigenvalue weighted by atomic mass is 10.1. The van der Waals surface area contributed by atoms with Gasteiger partial charge >= 0.3 is 0 Å². The monoisotopic (exact) mass is 260 g/mol. The Morgan fingerprint density at radius 1 is 0.889 bits per heavy atom. The zero-order valence-corrected chi connectivity index (χ0v) is 11.4. The smallest absolute Gasteiger partial charge is 0.0406 e. The van der Waals surface area contributed by atoms with E-state index in [1.54, 1.807) is 0 Å². The van der Waals surface area contributed by atoms with Crippen LogP contribution in [0, 0.1) is 0 Å². The van der Waals surface area contributed by atoms with Crippen molar-refractivity contribution >= 4 is 11.6 Å². The van der Waals surface area contributed by atoms with Gasteiger partial charge in [-0.05, 0) is 49.2 Å². The molecule has 18 heavy (non-hydrogen) atoms. The third kappa shape index (κ3) is 3.31. The molecule has 0 bridgehead atoms. The second kappa shape index (κ2) is 5.98. The van der Waals surface area contributed by atoms with Crippen LogP contribution in [0.4, 0.5) is 0 Å². The number of hydrogen-bond acceptors (Lipinski definition) is 2. The molecule has 0 aliphatic rings. The molecule has 1 aromatic heterocycles. The fourth-order valence-corrected chi connectivity index (χ4v) is 2.10. The van der Waals surface area contributed by atoms with Gasteiger partial charge in [0.05, 0.1) is 0 Å². The molecule has 0 spiro atoms. The van der Waals surface area contributed by atoms with E-state index in [1.165, 1.54) is 11.1 Å². The van der Waals surface area contributed by atoms with Crippen LogP contribution < -0.4 is 5.32 Å². The molecule has 2 aromatic rings. The summed E-state index contributed by atoms with van der Waals surface area (Å²) in [5, 5.41) is 4.33. The molecule has 0 saturated heterocycles. The highest BCUT2D eigenvalue weighted by Gasteiger charge is 2.10. The van der Waals surface area contributed by atoms with Crippen molar-refractivity contribution in [2.75, 3.05) is 0 Å². The first kappa shape index (κ1) is 13.1. The molecule has 2 nitrogen and oxygen atoms in total. The SMILES string of the molecule is CC(N[C@@H](C)c1ccc(Cl)cc1)c1ccncc1.